The van der Waals surface area contributed by atoms with E-state index in [-0.39, 0.29) is 5.91 Å². The molecule has 0 spiro atoms. The van der Waals surface area contributed by atoms with Gasteiger partial charge < -0.3 is 11.1 Å². The van der Waals surface area contributed by atoms with Crippen molar-refractivity contribution in [1.82, 2.24) is 10.3 Å². The molecular formula is C11H15N3O. The van der Waals surface area contributed by atoms with E-state index in [2.05, 4.69) is 10.3 Å². The van der Waals surface area contributed by atoms with Crippen LogP contribution in [0.1, 0.15) is 18.3 Å². The minimum Gasteiger partial charge on any atom is -0.397 e. The molecule has 1 amide bonds. The number of aryl methyl sites for hydroxylation is 1. The zero-order chi connectivity index (χ0) is 11.3. The van der Waals surface area contributed by atoms with Crippen molar-refractivity contribution in [3.05, 3.63) is 29.6 Å². The fraction of sp³-hybridized carbons (Fsp3) is 0.273. The second-order valence-corrected chi connectivity index (χ2v) is 3.25. The Morgan fingerprint density at radius 2 is 2.33 bits per heavy atom. The van der Waals surface area contributed by atoms with E-state index in [0.29, 0.717) is 12.2 Å². The highest BCUT2D eigenvalue weighted by molar-refractivity contribution is 5.73. The van der Waals surface area contributed by atoms with E-state index in [0.717, 1.165) is 11.4 Å². The van der Waals surface area contributed by atoms with Gasteiger partial charge in [0.05, 0.1) is 17.1 Å². The van der Waals surface area contributed by atoms with Crippen LogP contribution in [0.2, 0.25) is 0 Å². The Morgan fingerprint density at radius 3 is 2.93 bits per heavy atom. The number of carbonyl (C=O) groups excluding carboxylic acids is 1. The summed E-state index contributed by atoms with van der Waals surface area (Å²) in [5, 5.41) is 2.66. The van der Waals surface area contributed by atoms with E-state index in [4.69, 9.17) is 5.73 Å². The molecule has 4 nitrogen and oxygen atoms in total. The van der Waals surface area contributed by atoms with Crippen LogP contribution in [0.5, 0.6) is 0 Å². The van der Waals surface area contributed by atoms with Crippen LogP contribution in [0.15, 0.2) is 18.2 Å². The number of hydrogen-bond donors (Lipinski definition) is 2. The third-order valence-electron chi connectivity index (χ3n) is 1.91. The van der Waals surface area contributed by atoms with Crippen molar-refractivity contribution in [2.24, 2.45) is 0 Å². The molecule has 1 heterocycles. The lowest BCUT2D eigenvalue weighted by molar-refractivity contribution is -0.118. The second-order valence-electron chi connectivity index (χ2n) is 3.25. The van der Waals surface area contributed by atoms with E-state index in [9.17, 15) is 4.79 Å². The molecule has 1 aromatic heterocycles. The first-order chi connectivity index (χ1) is 7.09. The lowest BCUT2D eigenvalue weighted by atomic mass is 10.2. The van der Waals surface area contributed by atoms with Gasteiger partial charge in [-0.05, 0) is 25.1 Å². The predicted molar refractivity (Wildman–Crippen MR) is 61.1 cm³/mol. The first kappa shape index (κ1) is 11.2. The van der Waals surface area contributed by atoms with Crippen LogP contribution in [0, 0.1) is 6.92 Å². The molecule has 0 bridgehead atoms. The summed E-state index contributed by atoms with van der Waals surface area (Å²) in [6.07, 6.45) is 3.70. The predicted octanol–water partition coefficient (Wildman–Crippen LogP) is 1.12. The van der Waals surface area contributed by atoms with Crippen molar-refractivity contribution in [2.75, 3.05) is 12.3 Å². The van der Waals surface area contributed by atoms with Crippen LogP contribution in [0.25, 0.3) is 6.08 Å². The van der Waals surface area contributed by atoms with Gasteiger partial charge >= 0.3 is 0 Å². The standard InChI is InChI=1S/C11H15N3O/c1-8-11(12)6-5-10(14-8)4-3-7-13-9(2)15/h3-6H,7,12H2,1-2H3,(H,13,15). The molecule has 0 saturated carbocycles. The van der Waals surface area contributed by atoms with Gasteiger partial charge in [-0.2, -0.15) is 0 Å². The highest BCUT2D eigenvalue weighted by Gasteiger charge is 1.94. The van der Waals surface area contributed by atoms with Crippen LogP contribution in [-0.2, 0) is 4.79 Å². The number of carbonyl (C=O) groups is 1. The minimum absolute atomic E-state index is 0.0407. The van der Waals surface area contributed by atoms with E-state index >= 15 is 0 Å². The normalized spacial score (nSPS) is 10.5. The minimum atomic E-state index is -0.0407. The summed E-state index contributed by atoms with van der Waals surface area (Å²) >= 11 is 0. The van der Waals surface area contributed by atoms with Crippen molar-refractivity contribution in [1.29, 1.82) is 0 Å². The third kappa shape index (κ3) is 3.81. The maximum atomic E-state index is 10.6. The number of amides is 1. The van der Waals surface area contributed by atoms with Crippen molar-refractivity contribution >= 4 is 17.7 Å². The molecule has 1 aromatic rings. The second kappa shape index (κ2) is 5.14. The molecule has 80 valence electrons. The van der Waals surface area contributed by atoms with Crippen LogP contribution < -0.4 is 11.1 Å². The van der Waals surface area contributed by atoms with Gasteiger partial charge in [-0.15, -0.1) is 0 Å². The Morgan fingerprint density at radius 1 is 1.60 bits per heavy atom. The van der Waals surface area contributed by atoms with Gasteiger partial charge in [0.25, 0.3) is 0 Å². The number of nitrogens with one attached hydrogen (secondary N) is 1. The summed E-state index contributed by atoms with van der Waals surface area (Å²) in [5.74, 6) is -0.0407. The van der Waals surface area contributed by atoms with Crippen molar-refractivity contribution in [2.45, 2.75) is 13.8 Å². The number of pyridine rings is 1. The molecule has 0 aliphatic rings. The average Bonchev–Trinajstić information content (AvgIpc) is 2.18. The van der Waals surface area contributed by atoms with Crippen LogP contribution in [-0.4, -0.2) is 17.4 Å². The summed E-state index contributed by atoms with van der Waals surface area (Å²) in [7, 11) is 0. The maximum absolute atomic E-state index is 10.6. The Bertz CT molecular complexity index is 385. The Labute approximate surface area is 89.2 Å². The van der Waals surface area contributed by atoms with Gasteiger partial charge in [0.1, 0.15) is 0 Å². The molecule has 4 heteroatoms. The van der Waals surface area contributed by atoms with E-state index in [1.54, 1.807) is 0 Å². The van der Waals surface area contributed by atoms with Crippen LogP contribution >= 0.6 is 0 Å². The number of anilines is 1. The fourth-order valence-corrected chi connectivity index (χ4v) is 1.07. The van der Waals surface area contributed by atoms with Gasteiger partial charge in [0, 0.05) is 13.5 Å². The molecule has 0 aliphatic heterocycles. The van der Waals surface area contributed by atoms with E-state index in [1.165, 1.54) is 6.92 Å². The Hall–Kier alpha value is -1.84. The largest absolute Gasteiger partial charge is 0.397 e. The number of nitrogens with two attached hydrogens (primary N) is 1. The van der Waals surface area contributed by atoms with Gasteiger partial charge in [-0.1, -0.05) is 6.08 Å². The van der Waals surface area contributed by atoms with Crippen LogP contribution in [0.4, 0.5) is 5.69 Å². The van der Waals surface area contributed by atoms with Gasteiger partial charge in [0.2, 0.25) is 5.91 Å². The highest BCUT2D eigenvalue weighted by atomic mass is 16.1. The Balaban J connectivity index is 2.57. The summed E-state index contributed by atoms with van der Waals surface area (Å²) in [5.41, 5.74) is 7.98. The maximum Gasteiger partial charge on any atom is 0.217 e. The molecule has 0 fully saturated rings. The third-order valence-corrected chi connectivity index (χ3v) is 1.91. The quantitative estimate of drug-likeness (QED) is 0.777. The number of nitrogen functional groups attached to an aromatic ring is 1. The number of rotatable bonds is 3. The van der Waals surface area contributed by atoms with Gasteiger partial charge in [-0.3, -0.25) is 9.78 Å². The Kier molecular flexibility index (Phi) is 3.85. The monoisotopic (exact) mass is 205 g/mol. The molecule has 1 rings (SSSR count). The highest BCUT2D eigenvalue weighted by Crippen LogP contribution is 2.08. The smallest absolute Gasteiger partial charge is 0.217 e. The van der Waals surface area contributed by atoms with Crippen molar-refractivity contribution in [3.8, 4) is 0 Å². The SMILES string of the molecule is CC(=O)NCC=Cc1ccc(N)c(C)n1. The lowest BCUT2D eigenvalue weighted by Crippen LogP contribution is -2.19. The van der Waals surface area contributed by atoms with Gasteiger partial charge in [0.15, 0.2) is 0 Å². The zero-order valence-electron chi connectivity index (χ0n) is 8.95. The molecule has 0 unspecified atom stereocenters. The number of nitrogens with zero attached hydrogens (tertiary/aromatic N) is 1. The van der Waals surface area contributed by atoms with E-state index in [1.807, 2.05) is 31.2 Å². The topological polar surface area (TPSA) is 68.0 Å². The summed E-state index contributed by atoms with van der Waals surface area (Å²) in [6, 6.07) is 3.66. The number of aromatic nitrogens is 1. The molecule has 15 heavy (non-hydrogen) atoms. The fourth-order valence-electron chi connectivity index (χ4n) is 1.07. The summed E-state index contributed by atoms with van der Waals surface area (Å²) in [6.45, 7) is 3.86. The summed E-state index contributed by atoms with van der Waals surface area (Å²) < 4.78 is 0. The molecular weight excluding hydrogens is 190 g/mol. The number of hydrogen-bond acceptors (Lipinski definition) is 3. The average molecular weight is 205 g/mol. The first-order valence-electron chi connectivity index (χ1n) is 4.73. The molecule has 0 saturated heterocycles. The van der Waals surface area contributed by atoms with Gasteiger partial charge in [-0.25, -0.2) is 0 Å². The van der Waals surface area contributed by atoms with Crippen molar-refractivity contribution in [3.63, 3.8) is 0 Å². The van der Waals surface area contributed by atoms with Crippen molar-refractivity contribution < 1.29 is 4.79 Å². The molecule has 0 radical (unpaired) electrons. The van der Waals surface area contributed by atoms with E-state index < -0.39 is 0 Å². The molecule has 0 atom stereocenters. The molecule has 0 aromatic carbocycles. The molecule has 3 N–H and O–H groups in total. The molecule has 0 aliphatic carbocycles. The zero-order valence-corrected chi connectivity index (χ0v) is 8.95. The van der Waals surface area contributed by atoms with Crippen LogP contribution in [0.3, 0.4) is 0 Å². The first-order valence-corrected chi connectivity index (χ1v) is 4.73. The lowest BCUT2D eigenvalue weighted by Gasteiger charge is -2.00. The summed E-state index contributed by atoms with van der Waals surface area (Å²) in [4.78, 5) is 14.8.